The summed E-state index contributed by atoms with van der Waals surface area (Å²) in [5.74, 6) is 1.26. The van der Waals surface area contributed by atoms with Crippen molar-refractivity contribution in [2.24, 2.45) is 17.6 Å². The standard InChI is InChI=1S/C17H25N3O.ClH/c1-19(2)14-7-3-5-12(9-14)17(21)20-10-13-6-4-8-16(18)15(13)11-20;/h3,5,7,9,13,15-16H,4,6,8,10-11,18H2,1-2H3;1H. The molecule has 1 heterocycles. The fourth-order valence-corrected chi connectivity index (χ4v) is 3.78. The summed E-state index contributed by atoms with van der Waals surface area (Å²) in [5, 5.41) is 0. The third kappa shape index (κ3) is 3.23. The van der Waals surface area contributed by atoms with E-state index in [4.69, 9.17) is 5.73 Å². The number of fused-ring (bicyclic) bond motifs is 1. The van der Waals surface area contributed by atoms with Gasteiger partial charge < -0.3 is 15.5 Å². The number of rotatable bonds is 2. The molecule has 0 bridgehead atoms. The van der Waals surface area contributed by atoms with Crippen molar-refractivity contribution in [1.29, 1.82) is 0 Å². The van der Waals surface area contributed by atoms with Crippen LogP contribution in [0.15, 0.2) is 24.3 Å². The van der Waals surface area contributed by atoms with Gasteiger partial charge in [0.15, 0.2) is 0 Å². The zero-order chi connectivity index (χ0) is 15.0. The van der Waals surface area contributed by atoms with Gasteiger partial charge in [0.25, 0.3) is 5.91 Å². The molecule has 3 unspecified atom stereocenters. The first-order valence-electron chi connectivity index (χ1n) is 7.88. The highest BCUT2D eigenvalue weighted by Crippen LogP contribution is 2.36. The fraction of sp³-hybridized carbons (Fsp3) is 0.588. The molecule has 1 saturated carbocycles. The van der Waals surface area contributed by atoms with Crippen molar-refractivity contribution in [3.05, 3.63) is 29.8 Å². The van der Waals surface area contributed by atoms with Gasteiger partial charge in [-0.25, -0.2) is 0 Å². The van der Waals surface area contributed by atoms with Crippen LogP contribution in [0.1, 0.15) is 29.6 Å². The van der Waals surface area contributed by atoms with Gasteiger partial charge in [-0.2, -0.15) is 0 Å². The second kappa shape index (κ2) is 6.88. The van der Waals surface area contributed by atoms with Crippen molar-refractivity contribution in [2.75, 3.05) is 32.1 Å². The van der Waals surface area contributed by atoms with Gasteiger partial charge in [0.05, 0.1) is 0 Å². The second-order valence-electron chi connectivity index (χ2n) is 6.67. The second-order valence-corrected chi connectivity index (χ2v) is 6.67. The van der Waals surface area contributed by atoms with Gasteiger partial charge in [-0.05, 0) is 42.9 Å². The molecule has 4 nitrogen and oxygen atoms in total. The van der Waals surface area contributed by atoms with Crippen molar-refractivity contribution in [1.82, 2.24) is 4.90 Å². The van der Waals surface area contributed by atoms with Crippen LogP contribution in [0.25, 0.3) is 0 Å². The molecule has 0 aromatic heterocycles. The third-order valence-corrected chi connectivity index (χ3v) is 5.05. The summed E-state index contributed by atoms with van der Waals surface area (Å²) >= 11 is 0. The number of halogens is 1. The minimum absolute atomic E-state index is 0. The molecule has 1 aliphatic heterocycles. The van der Waals surface area contributed by atoms with Crippen molar-refractivity contribution < 1.29 is 4.79 Å². The molecule has 122 valence electrons. The maximum Gasteiger partial charge on any atom is 0.253 e. The number of amides is 1. The van der Waals surface area contributed by atoms with Crippen LogP contribution in [0, 0.1) is 11.8 Å². The molecule has 1 saturated heterocycles. The van der Waals surface area contributed by atoms with Crippen LogP contribution in [0.3, 0.4) is 0 Å². The zero-order valence-electron chi connectivity index (χ0n) is 13.4. The summed E-state index contributed by atoms with van der Waals surface area (Å²) in [5.41, 5.74) is 8.09. The van der Waals surface area contributed by atoms with E-state index >= 15 is 0 Å². The van der Waals surface area contributed by atoms with E-state index in [2.05, 4.69) is 0 Å². The minimum atomic E-state index is 0. The Hall–Kier alpha value is -1.26. The molecule has 3 rings (SSSR count). The van der Waals surface area contributed by atoms with E-state index in [1.54, 1.807) is 0 Å². The topological polar surface area (TPSA) is 49.6 Å². The maximum atomic E-state index is 12.7. The molecule has 5 heteroatoms. The number of hydrogen-bond donors (Lipinski definition) is 1. The number of nitrogens with zero attached hydrogens (tertiary/aromatic N) is 2. The molecule has 22 heavy (non-hydrogen) atoms. The Morgan fingerprint density at radius 3 is 2.73 bits per heavy atom. The number of nitrogens with two attached hydrogens (primary N) is 1. The summed E-state index contributed by atoms with van der Waals surface area (Å²) in [6.07, 6.45) is 3.54. The van der Waals surface area contributed by atoms with E-state index in [-0.39, 0.29) is 24.4 Å². The number of likely N-dealkylation sites (tertiary alicyclic amines) is 1. The number of hydrogen-bond acceptors (Lipinski definition) is 3. The maximum absolute atomic E-state index is 12.7. The lowest BCUT2D eigenvalue weighted by Gasteiger charge is -2.29. The molecule has 2 fully saturated rings. The predicted molar refractivity (Wildman–Crippen MR) is 92.7 cm³/mol. The van der Waals surface area contributed by atoms with Crippen LogP contribution in [0.5, 0.6) is 0 Å². The highest BCUT2D eigenvalue weighted by atomic mass is 35.5. The fourth-order valence-electron chi connectivity index (χ4n) is 3.78. The average molecular weight is 324 g/mol. The summed E-state index contributed by atoms with van der Waals surface area (Å²) in [6, 6.07) is 8.14. The van der Waals surface area contributed by atoms with Crippen LogP contribution in [-0.2, 0) is 0 Å². The summed E-state index contributed by atoms with van der Waals surface area (Å²) < 4.78 is 0. The summed E-state index contributed by atoms with van der Waals surface area (Å²) in [6.45, 7) is 1.71. The van der Waals surface area contributed by atoms with E-state index in [9.17, 15) is 4.79 Å². The summed E-state index contributed by atoms with van der Waals surface area (Å²) in [4.78, 5) is 16.8. The molecule has 1 amide bonds. The monoisotopic (exact) mass is 323 g/mol. The minimum Gasteiger partial charge on any atom is -0.378 e. The Morgan fingerprint density at radius 2 is 2.05 bits per heavy atom. The Labute approximate surface area is 139 Å². The van der Waals surface area contributed by atoms with E-state index in [1.807, 2.05) is 48.2 Å². The van der Waals surface area contributed by atoms with E-state index in [0.29, 0.717) is 11.8 Å². The molecular formula is C17H26ClN3O. The van der Waals surface area contributed by atoms with E-state index < -0.39 is 0 Å². The summed E-state index contributed by atoms with van der Waals surface area (Å²) in [7, 11) is 3.99. The molecule has 1 aliphatic carbocycles. The molecule has 2 N–H and O–H groups in total. The number of carbonyl (C=O) groups is 1. The Morgan fingerprint density at radius 1 is 1.27 bits per heavy atom. The van der Waals surface area contributed by atoms with Crippen LogP contribution >= 0.6 is 12.4 Å². The lowest BCUT2D eigenvalue weighted by Crippen LogP contribution is -2.38. The van der Waals surface area contributed by atoms with E-state index in [0.717, 1.165) is 30.8 Å². The lowest BCUT2D eigenvalue weighted by molar-refractivity contribution is 0.0783. The van der Waals surface area contributed by atoms with Crippen LogP contribution in [0.4, 0.5) is 5.69 Å². The zero-order valence-corrected chi connectivity index (χ0v) is 14.2. The van der Waals surface area contributed by atoms with Gasteiger partial charge in [0.1, 0.15) is 0 Å². The first kappa shape index (κ1) is 17.1. The molecule has 1 aromatic carbocycles. The number of carbonyl (C=O) groups excluding carboxylic acids is 1. The van der Waals surface area contributed by atoms with Gasteiger partial charge in [-0.3, -0.25) is 4.79 Å². The van der Waals surface area contributed by atoms with Crippen molar-refractivity contribution in [3.8, 4) is 0 Å². The largest absolute Gasteiger partial charge is 0.378 e. The smallest absolute Gasteiger partial charge is 0.253 e. The average Bonchev–Trinajstić information content (AvgIpc) is 2.92. The first-order valence-corrected chi connectivity index (χ1v) is 7.88. The van der Waals surface area contributed by atoms with Gasteiger partial charge in [0, 0.05) is 44.5 Å². The first-order chi connectivity index (χ1) is 10.1. The Bertz CT molecular complexity index is 534. The van der Waals surface area contributed by atoms with Crippen molar-refractivity contribution >= 4 is 24.0 Å². The van der Waals surface area contributed by atoms with Gasteiger partial charge in [-0.15, -0.1) is 12.4 Å². The molecule has 0 spiro atoms. The van der Waals surface area contributed by atoms with Crippen LogP contribution in [0.2, 0.25) is 0 Å². The molecule has 1 aromatic rings. The Kier molecular flexibility index (Phi) is 5.35. The predicted octanol–water partition coefficient (Wildman–Crippen LogP) is 2.37. The highest BCUT2D eigenvalue weighted by Gasteiger charge is 2.40. The SMILES string of the molecule is CN(C)c1cccc(C(=O)N2CC3CCCC(N)C3C2)c1.Cl. The molecular weight excluding hydrogens is 298 g/mol. The van der Waals surface area contributed by atoms with Crippen LogP contribution in [-0.4, -0.2) is 44.0 Å². The van der Waals surface area contributed by atoms with Crippen LogP contribution < -0.4 is 10.6 Å². The molecule has 3 atom stereocenters. The quantitative estimate of drug-likeness (QED) is 0.909. The van der Waals surface area contributed by atoms with Crippen molar-refractivity contribution in [2.45, 2.75) is 25.3 Å². The molecule has 2 aliphatic rings. The number of anilines is 1. The van der Waals surface area contributed by atoms with E-state index in [1.165, 1.54) is 12.8 Å². The van der Waals surface area contributed by atoms with Gasteiger partial charge >= 0.3 is 0 Å². The Balaban J connectivity index is 0.00000176. The highest BCUT2D eigenvalue weighted by molar-refractivity contribution is 5.95. The third-order valence-electron chi connectivity index (χ3n) is 5.05. The van der Waals surface area contributed by atoms with Crippen molar-refractivity contribution in [3.63, 3.8) is 0 Å². The number of benzene rings is 1. The normalized spacial score (nSPS) is 27.0. The van der Waals surface area contributed by atoms with Gasteiger partial charge in [0.2, 0.25) is 0 Å². The lowest BCUT2D eigenvalue weighted by atomic mass is 9.78. The van der Waals surface area contributed by atoms with Gasteiger partial charge in [-0.1, -0.05) is 12.5 Å². The molecule has 0 radical (unpaired) electrons.